The maximum absolute atomic E-state index is 13.7. The van der Waals surface area contributed by atoms with E-state index in [0.717, 1.165) is 6.92 Å². The summed E-state index contributed by atoms with van der Waals surface area (Å²) in [6.45, 7) is 0.978. The molecule has 0 heterocycles. The lowest BCUT2D eigenvalue weighted by molar-refractivity contribution is -0.150. The molecule has 1 unspecified atom stereocenters. The molecular formula is C9H7BrClFO2. The molecular weight excluding hydrogens is 274 g/mol. The van der Waals surface area contributed by atoms with Crippen LogP contribution in [-0.4, -0.2) is 11.1 Å². The first-order valence-electron chi connectivity index (χ1n) is 3.73. The second-order valence-corrected chi connectivity index (χ2v) is 4.22. The third-order valence-electron chi connectivity index (χ3n) is 1.84. The predicted octanol–water partition coefficient (Wildman–Crippen LogP) is 3.37. The zero-order valence-electron chi connectivity index (χ0n) is 7.22. The van der Waals surface area contributed by atoms with E-state index in [-0.39, 0.29) is 5.56 Å². The van der Waals surface area contributed by atoms with E-state index >= 15 is 0 Å². The van der Waals surface area contributed by atoms with Crippen LogP contribution in [-0.2, 0) is 10.5 Å². The molecule has 5 heteroatoms. The predicted molar refractivity (Wildman–Crippen MR) is 55.2 cm³/mol. The molecule has 0 saturated heterocycles. The molecule has 0 spiro atoms. The van der Waals surface area contributed by atoms with Gasteiger partial charge >= 0.3 is 5.97 Å². The van der Waals surface area contributed by atoms with Crippen LogP contribution in [0, 0.1) is 0 Å². The summed E-state index contributed by atoms with van der Waals surface area (Å²) in [7, 11) is 0. The van der Waals surface area contributed by atoms with Crippen LogP contribution in [0.1, 0.15) is 12.5 Å². The highest BCUT2D eigenvalue weighted by Gasteiger charge is 2.36. The molecule has 0 amide bonds. The van der Waals surface area contributed by atoms with Crippen LogP contribution in [0.4, 0.5) is 4.39 Å². The number of benzene rings is 1. The molecule has 0 aliphatic carbocycles. The topological polar surface area (TPSA) is 37.3 Å². The van der Waals surface area contributed by atoms with E-state index < -0.39 is 11.6 Å². The normalized spacial score (nSPS) is 14.9. The van der Waals surface area contributed by atoms with Crippen molar-refractivity contribution in [3.8, 4) is 0 Å². The number of hydrogen-bond acceptors (Lipinski definition) is 1. The van der Waals surface area contributed by atoms with Crippen LogP contribution in [0.15, 0.2) is 22.7 Å². The van der Waals surface area contributed by atoms with Gasteiger partial charge in [-0.2, -0.15) is 0 Å². The highest BCUT2D eigenvalue weighted by molar-refractivity contribution is 9.10. The number of carbonyl (C=O) groups is 1. The maximum atomic E-state index is 13.7. The average molecular weight is 282 g/mol. The number of halogens is 3. The molecule has 2 nitrogen and oxygen atoms in total. The standard InChI is InChI=1S/C9H7BrClFO2/c1-9(12,8(13)14)6-4-5(11)2-3-7(6)10/h2-4H,1H3,(H,13,14). The first kappa shape index (κ1) is 11.5. The average Bonchev–Trinajstić information content (AvgIpc) is 2.08. The molecule has 0 aliphatic rings. The van der Waals surface area contributed by atoms with Crippen molar-refractivity contribution in [2.24, 2.45) is 0 Å². The van der Waals surface area contributed by atoms with Crippen molar-refractivity contribution < 1.29 is 14.3 Å². The molecule has 1 aromatic carbocycles. The molecule has 14 heavy (non-hydrogen) atoms. The van der Waals surface area contributed by atoms with Crippen LogP contribution < -0.4 is 0 Å². The molecule has 0 bridgehead atoms. The molecule has 0 aliphatic heterocycles. The van der Waals surface area contributed by atoms with Gasteiger partial charge in [0.05, 0.1) is 0 Å². The van der Waals surface area contributed by atoms with Gasteiger partial charge in [0.1, 0.15) is 0 Å². The summed E-state index contributed by atoms with van der Waals surface area (Å²) in [5, 5.41) is 8.97. The first-order chi connectivity index (χ1) is 6.35. The largest absolute Gasteiger partial charge is 0.479 e. The van der Waals surface area contributed by atoms with Crippen LogP contribution >= 0.6 is 27.5 Å². The lowest BCUT2D eigenvalue weighted by atomic mass is 9.98. The summed E-state index contributed by atoms with van der Waals surface area (Å²) in [5.41, 5.74) is -2.43. The summed E-state index contributed by atoms with van der Waals surface area (Å²) >= 11 is 8.72. The van der Waals surface area contributed by atoms with Gasteiger partial charge in [0.2, 0.25) is 5.67 Å². The van der Waals surface area contributed by atoms with E-state index in [2.05, 4.69) is 15.9 Å². The Morgan fingerprint density at radius 2 is 2.21 bits per heavy atom. The molecule has 1 rings (SSSR count). The van der Waals surface area contributed by atoms with Gasteiger partial charge in [-0.05, 0) is 25.1 Å². The van der Waals surface area contributed by atoms with E-state index in [1.54, 1.807) is 6.07 Å². The monoisotopic (exact) mass is 280 g/mol. The van der Waals surface area contributed by atoms with Crippen molar-refractivity contribution in [2.45, 2.75) is 12.6 Å². The Morgan fingerprint density at radius 1 is 1.64 bits per heavy atom. The highest BCUT2D eigenvalue weighted by Crippen LogP contribution is 2.33. The molecule has 0 radical (unpaired) electrons. The van der Waals surface area contributed by atoms with Crippen molar-refractivity contribution in [1.82, 2.24) is 0 Å². The number of alkyl halides is 1. The van der Waals surface area contributed by atoms with Crippen LogP contribution in [0.3, 0.4) is 0 Å². The van der Waals surface area contributed by atoms with Gasteiger partial charge in [0.25, 0.3) is 0 Å². The van der Waals surface area contributed by atoms with Gasteiger partial charge in [-0.3, -0.25) is 0 Å². The number of carboxylic acid groups (broad SMARTS) is 1. The Balaban J connectivity index is 3.31. The van der Waals surface area contributed by atoms with Crippen molar-refractivity contribution in [3.63, 3.8) is 0 Å². The van der Waals surface area contributed by atoms with Gasteiger partial charge in [-0.15, -0.1) is 0 Å². The Bertz CT molecular complexity index is 379. The minimum Gasteiger partial charge on any atom is -0.479 e. The van der Waals surface area contributed by atoms with E-state index in [4.69, 9.17) is 16.7 Å². The molecule has 1 N–H and O–H groups in total. The van der Waals surface area contributed by atoms with E-state index in [0.29, 0.717) is 9.50 Å². The number of aliphatic carboxylic acids is 1. The Labute approximate surface area is 93.8 Å². The molecule has 76 valence electrons. The summed E-state index contributed by atoms with van der Waals surface area (Å²) in [6.07, 6.45) is 0. The smallest absolute Gasteiger partial charge is 0.345 e. The highest BCUT2D eigenvalue weighted by atomic mass is 79.9. The second-order valence-electron chi connectivity index (χ2n) is 2.93. The van der Waals surface area contributed by atoms with Gasteiger partial charge in [0, 0.05) is 15.1 Å². The van der Waals surface area contributed by atoms with Gasteiger partial charge < -0.3 is 5.11 Å². The lowest BCUT2D eigenvalue weighted by Gasteiger charge is -2.17. The van der Waals surface area contributed by atoms with Gasteiger partial charge in [0.15, 0.2) is 0 Å². The van der Waals surface area contributed by atoms with E-state index in [1.807, 2.05) is 0 Å². The lowest BCUT2D eigenvalue weighted by Crippen LogP contribution is -2.27. The first-order valence-corrected chi connectivity index (χ1v) is 4.90. The molecule has 1 atom stereocenters. The van der Waals surface area contributed by atoms with Crippen LogP contribution in [0.5, 0.6) is 0 Å². The van der Waals surface area contributed by atoms with Crippen molar-refractivity contribution in [1.29, 1.82) is 0 Å². The number of hydrogen-bond donors (Lipinski definition) is 1. The minimum atomic E-state index is -2.44. The minimum absolute atomic E-state index is 0.0116. The molecule has 0 saturated carbocycles. The number of rotatable bonds is 2. The Morgan fingerprint density at radius 3 is 2.71 bits per heavy atom. The molecule has 0 fully saturated rings. The van der Waals surface area contributed by atoms with Crippen LogP contribution in [0.25, 0.3) is 0 Å². The fourth-order valence-electron chi connectivity index (χ4n) is 0.972. The Kier molecular flexibility index (Phi) is 3.17. The van der Waals surface area contributed by atoms with E-state index in [1.165, 1.54) is 12.1 Å². The van der Waals surface area contributed by atoms with Gasteiger partial charge in [-0.25, -0.2) is 9.18 Å². The van der Waals surface area contributed by atoms with E-state index in [9.17, 15) is 9.18 Å². The van der Waals surface area contributed by atoms with Crippen LogP contribution in [0.2, 0.25) is 5.02 Å². The Hall–Kier alpha value is -0.610. The summed E-state index contributed by atoms with van der Waals surface area (Å²) < 4.78 is 14.1. The summed E-state index contributed by atoms with van der Waals surface area (Å²) in [6, 6.07) is 4.35. The quantitative estimate of drug-likeness (QED) is 0.902. The molecule has 0 aromatic heterocycles. The third-order valence-corrected chi connectivity index (χ3v) is 2.76. The third kappa shape index (κ3) is 2.07. The maximum Gasteiger partial charge on any atom is 0.345 e. The van der Waals surface area contributed by atoms with Crippen molar-refractivity contribution in [3.05, 3.63) is 33.3 Å². The summed E-state index contributed by atoms with van der Waals surface area (Å²) in [4.78, 5) is 10.6. The zero-order valence-corrected chi connectivity index (χ0v) is 9.56. The fraction of sp³-hybridized carbons (Fsp3) is 0.222. The fourth-order valence-corrected chi connectivity index (χ4v) is 1.76. The SMILES string of the molecule is CC(F)(C(=O)O)c1cc(Cl)ccc1Br. The molecule has 1 aromatic rings. The van der Waals surface area contributed by atoms with Crippen molar-refractivity contribution in [2.75, 3.05) is 0 Å². The number of carboxylic acids is 1. The zero-order chi connectivity index (χ0) is 10.9. The van der Waals surface area contributed by atoms with Gasteiger partial charge in [-0.1, -0.05) is 27.5 Å². The summed E-state index contributed by atoms with van der Waals surface area (Å²) in [5.74, 6) is -1.54. The second kappa shape index (κ2) is 3.87. The van der Waals surface area contributed by atoms with Crippen molar-refractivity contribution >= 4 is 33.5 Å².